The van der Waals surface area contributed by atoms with E-state index in [1.54, 1.807) is 0 Å². The molecule has 45 heavy (non-hydrogen) atoms. The summed E-state index contributed by atoms with van der Waals surface area (Å²) in [6.45, 7) is 16.9. The minimum Gasteiger partial charge on any atom is -1.00 e. The fraction of sp³-hybridized carbons (Fsp3) is 0.903. The summed E-state index contributed by atoms with van der Waals surface area (Å²) < 4.78 is 30.8. The maximum absolute atomic E-state index is 10.7. The molecular formula is C31H57NaO13. The fourth-order valence-electron chi connectivity index (χ4n) is 5.64. The zero-order valence-electron chi connectivity index (χ0n) is 29.5. The first kappa shape index (κ1) is 44.1. The SMILES string of the molecule is CC(=O)OCC(C)C1OC[C@@H](CO)[C@@H]1C.CC(=O)OCC(O)C1OC[C@@H](O)[C@@H]1O.CC[C@@H]1COC(C(C)COC(C)=O)[C@H]1C.[H-].[Na+]. The monoisotopic (exact) mass is 660 g/mol. The Morgan fingerprint density at radius 2 is 1.16 bits per heavy atom. The zero-order valence-corrected chi connectivity index (χ0v) is 30.5. The van der Waals surface area contributed by atoms with E-state index in [1.807, 2.05) is 6.92 Å². The van der Waals surface area contributed by atoms with Gasteiger partial charge in [-0.25, -0.2) is 0 Å². The van der Waals surface area contributed by atoms with Crippen molar-refractivity contribution in [3.05, 3.63) is 0 Å². The second-order valence-electron chi connectivity index (χ2n) is 12.2. The third-order valence-corrected chi connectivity index (χ3v) is 8.54. The van der Waals surface area contributed by atoms with Gasteiger partial charge >= 0.3 is 47.5 Å². The molecule has 0 saturated carbocycles. The molecular weight excluding hydrogens is 603 g/mol. The first-order valence-electron chi connectivity index (χ1n) is 15.5. The van der Waals surface area contributed by atoms with Gasteiger partial charge in [0.1, 0.15) is 31.0 Å². The Balaban J connectivity index is 0. The average molecular weight is 661 g/mol. The first-order valence-corrected chi connectivity index (χ1v) is 15.5. The predicted molar refractivity (Wildman–Crippen MR) is 159 cm³/mol. The van der Waals surface area contributed by atoms with Crippen molar-refractivity contribution in [2.75, 3.05) is 46.2 Å². The molecule has 260 valence electrons. The number of rotatable bonds is 11. The summed E-state index contributed by atoms with van der Waals surface area (Å²) >= 11 is 0. The van der Waals surface area contributed by atoms with Crippen molar-refractivity contribution in [3.63, 3.8) is 0 Å². The molecule has 12 atom stereocenters. The number of aliphatic hydroxyl groups excluding tert-OH is 4. The summed E-state index contributed by atoms with van der Waals surface area (Å²) in [7, 11) is 0. The van der Waals surface area contributed by atoms with Crippen LogP contribution in [-0.4, -0.2) is 121 Å². The molecule has 3 heterocycles. The van der Waals surface area contributed by atoms with Crippen LogP contribution >= 0.6 is 0 Å². The van der Waals surface area contributed by atoms with Crippen LogP contribution in [0.5, 0.6) is 0 Å². The van der Waals surface area contributed by atoms with E-state index in [0.717, 1.165) is 13.0 Å². The van der Waals surface area contributed by atoms with Gasteiger partial charge in [-0.15, -0.1) is 0 Å². The molecule has 0 aromatic rings. The van der Waals surface area contributed by atoms with E-state index in [2.05, 4.69) is 32.4 Å². The van der Waals surface area contributed by atoms with Gasteiger partial charge in [0.15, 0.2) is 0 Å². The number of esters is 3. The number of aliphatic hydroxyl groups is 4. The molecule has 3 aliphatic heterocycles. The van der Waals surface area contributed by atoms with E-state index in [0.29, 0.717) is 43.5 Å². The van der Waals surface area contributed by atoms with Crippen molar-refractivity contribution >= 4 is 17.9 Å². The Hall–Kier alpha value is -0.870. The number of hydrogen-bond acceptors (Lipinski definition) is 13. The number of ether oxygens (including phenoxy) is 6. The van der Waals surface area contributed by atoms with Gasteiger partial charge in [-0.05, 0) is 17.8 Å². The van der Waals surface area contributed by atoms with E-state index < -0.39 is 30.4 Å². The molecule has 4 N–H and O–H groups in total. The van der Waals surface area contributed by atoms with E-state index in [4.69, 9.17) is 33.9 Å². The zero-order chi connectivity index (χ0) is 33.6. The van der Waals surface area contributed by atoms with Crippen LogP contribution in [-0.2, 0) is 42.8 Å². The van der Waals surface area contributed by atoms with E-state index in [-0.39, 0.29) is 86.8 Å². The standard InChI is InChI=1S/C12H22O3.C11H20O4.C8H14O6.Na.H/c1-5-11-7-15-12(9(11)3)8(2)6-14-10(4)13;1-7(5-14-9(3)13)11-8(2)10(4-12)6-15-11;1-4(9)13-3-6(11)8-7(12)5(10)2-14-8;;/h8-9,11-12H,5-7H2,1-4H3;7-8,10-12H,4-6H2,1-3H3;5-8,10-12H,2-3H2,1H3;;/q;;;+1;-1/t8?,9-,11+,12?;7?,8-,10+,11?;5-,6?,7+,8?;;/m001../s1. The minimum absolute atomic E-state index is 0. The summed E-state index contributed by atoms with van der Waals surface area (Å²) in [4.78, 5) is 31.8. The van der Waals surface area contributed by atoms with Gasteiger partial charge in [0, 0.05) is 45.1 Å². The Labute approximate surface area is 291 Å². The minimum atomic E-state index is -1.14. The van der Waals surface area contributed by atoms with Crippen LogP contribution in [0.1, 0.15) is 63.2 Å². The fourth-order valence-corrected chi connectivity index (χ4v) is 5.64. The van der Waals surface area contributed by atoms with Gasteiger partial charge in [0.05, 0.1) is 45.2 Å². The van der Waals surface area contributed by atoms with Crippen LogP contribution < -0.4 is 29.6 Å². The van der Waals surface area contributed by atoms with Gasteiger partial charge in [-0.2, -0.15) is 0 Å². The molecule has 13 nitrogen and oxygen atoms in total. The molecule has 0 spiro atoms. The van der Waals surface area contributed by atoms with Crippen LogP contribution in [0, 0.1) is 35.5 Å². The number of carbonyl (C=O) groups is 3. The summed E-state index contributed by atoms with van der Waals surface area (Å²) in [6, 6.07) is 0. The van der Waals surface area contributed by atoms with Crippen LogP contribution in [0.15, 0.2) is 0 Å². The molecule has 0 amide bonds. The third kappa shape index (κ3) is 15.3. The second kappa shape index (κ2) is 22.7. The summed E-state index contributed by atoms with van der Waals surface area (Å²) in [6.07, 6.45) is -2.66. The van der Waals surface area contributed by atoms with Crippen molar-refractivity contribution in [2.24, 2.45) is 35.5 Å². The molecule has 3 aliphatic rings. The van der Waals surface area contributed by atoms with Gasteiger partial charge in [0.2, 0.25) is 0 Å². The molecule has 14 heteroatoms. The maximum Gasteiger partial charge on any atom is 1.00 e. The molecule has 3 rings (SSSR count). The van der Waals surface area contributed by atoms with Crippen LogP contribution in [0.4, 0.5) is 0 Å². The van der Waals surface area contributed by atoms with Crippen LogP contribution in [0.2, 0.25) is 0 Å². The van der Waals surface area contributed by atoms with Crippen molar-refractivity contribution in [2.45, 2.75) is 98.4 Å². The molecule has 0 aromatic carbocycles. The quantitative estimate of drug-likeness (QED) is 0.111. The molecule has 0 aliphatic carbocycles. The van der Waals surface area contributed by atoms with E-state index in [1.165, 1.54) is 20.8 Å². The first-order chi connectivity index (χ1) is 20.6. The van der Waals surface area contributed by atoms with Gasteiger partial charge in [-0.1, -0.05) is 41.0 Å². The molecule has 6 unspecified atom stereocenters. The number of carbonyl (C=O) groups excluding carboxylic acids is 3. The average Bonchev–Trinajstić information content (AvgIpc) is 3.65. The Kier molecular flexibility index (Phi) is 22.2. The second-order valence-corrected chi connectivity index (χ2v) is 12.2. The summed E-state index contributed by atoms with van der Waals surface area (Å²) in [5.74, 6) is 1.26. The number of hydrogen-bond donors (Lipinski definition) is 4. The molecule has 0 aromatic heterocycles. The Morgan fingerprint density at radius 3 is 1.49 bits per heavy atom. The summed E-state index contributed by atoms with van der Waals surface area (Å²) in [5.41, 5.74) is 0. The Bertz CT molecular complexity index is 822. The smallest absolute Gasteiger partial charge is 1.00 e. The topological polar surface area (TPSA) is 188 Å². The molecule has 3 fully saturated rings. The normalized spacial score (nSPS) is 32.4. The van der Waals surface area contributed by atoms with E-state index >= 15 is 0 Å². The van der Waals surface area contributed by atoms with Gasteiger partial charge < -0.3 is 50.3 Å². The third-order valence-electron chi connectivity index (χ3n) is 8.54. The van der Waals surface area contributed by atoms with Crippen LogP contribution in [0.25, 0.3) is 0 Å². The largest absolute Gasteiger partial charge is 1.00 e. The van der Waals surface area contributed by atoms with Crippen molar-refractivity contribution in [1.29, 1.82) is 0 Å². The van der Waals surface area contributed by atoms with Gasteiger partial charge in [-0.3, -0.25) is 14.4 Å². The van der Waals surface area contributed by atoms with Crippen molar-refractivity contribution < 1.29 is 94.2 Å². The predicted octanol–water partition coefficient (Wildman–Crippen LogP) is -1.78. The van der Waals surface area contributed by atoms with Crippen molar-refractivity contribution in [3.8, 4) is 0 Å². The molecule has 0 radical (unpaired) electrons. The van der Waals surface area contributed by atoms with Crippen molar-refractivity contribution in [1.82, 2.24) is 0 Å². The molecule has 0 bridgehead atoms. The van der Waals surface area contributed by atoms with Crippen LogP contribution in [0.3, 0.4) is 0 Å². The van der Waals surface area contributed by atoms with E-state index in [9.17, 15) is 24.6 Å². The summed E-state index contributed by atoms with van der Waals surface area (Å²) in [5, 5.41) is 36.9. The maximum atomic E-state index is 10.7. The Morgan fingerprint density at radius 1 is 0.756 bits per heavy atom. The molecule has 3 saturated heterocycles. The van der Waals surface area contributed by atoms with Gasteiger partial charge in [0.25, 0.3) is 0 Å².